The smallest absolute Gasteiger partial charge is 0.268 e. The van der Waals surface area contributed by atoms with Crippen molar-refractivity contribution in [3.63, 3.8) is 0 Å². The van der Waals surface area contributed by atoms with Crippen LogP contribution >= 0.6 is 0 Å². The van der Waals surface area contributed by atoms with Crippen LogP contribution in [0, 0.1) is 0 Å². The lowest BCUT2D eigenvalue weighted by molar-refractivity contribution is 0.143. The van der Waals surface area contributed by atoms with Crippen molar-refractivity contribution in [1.82, 2.24) is 4.98 Å². The summed E-state index contributed by atoms with van der Waals surface area (Å²) >= 11 is 0. The maximum absolute atomic E-state index is 12.4. The minimum atomic E-state index is -4.62. The summed E-state index contributed by atoms with van der Waals surface area (Å²) in [5, 5.41) is 13.6. The van der Waals surface area contributed by atoms with Gasteiger partial charge in [-0.15, -0.1) is 0 Å². The quantitative estimate of drug-likeness (QED) is 0.656. The second kappa shape index (κ2) is 3.59. The van der Waals surface area contributed by atoms with Gasteiger partial charge in [0, 0.05) is 6.20 Å². The Bertz CT molecular complexity index is 537. The zero-order chi connectivity index (χ0) is 11.8. The average Bonchev–Trinajstić information content (AvgIpc) is 2.05. The van der Waals surface area contributed by atoms with Crippen molar-refractivity contribution in [2.45, 2.75) is 11.3 Å². The molecule has 0 saturated carbocycles. The summed E-state index contributed by atoms with van der Waals surface area (Å²) < 4.78 is 46.4. The van der Waals surface area contributed by atoms with Crippen molar-refractivity contribution >= 4 is 10.0 Å². The Morgan fingerprint density at radius 1 is 1.47 bits per heavy atom. The monoisotopic (exact) mass is 240 g/mol. The van der Waals surface area contributed by atoms with E-state index in [-0.39, 0.29) is 0 Å². The van der Waals surface area contributed by atoms with E-state index >= 15 is 0 Å². The fraction of sp³-hybridized carbons (Fsp3) is 0.167. The number of primary sulfonamides is 1. The molecule has 0 saturated heterocycles. The maximum Gasteiger partial charge on any atom is 0.268 e. The van der Waals surface area contributed by atoms with Crippen LogP contribution in [0.2, 0.25) is 0 Å². The molecular weight excluding hydrogens is 234 g/mol. The molecule has 9 heteroatoms. The number of hydrogen-bond acceptors (Lipinski definition) is 4. The number of nitrogens with one attached hydrogen (secondary N) is 1. The molecule has 0 atom stereocenters. The van der Waals surface area contributed by atoms with Gasteiger partial charge >= 0.3 is 0 Å². The number of aromatic hydroxyl groups is 1. The molecule has 84 valence electrons. The van der Waals surface area contributed by atoms with E-state index in [2.05, 4.69) is 5.14 Å². The molecule has 0 radical (unpaired) electrons. The number of rotatable bonds is 2. The molecule has 6 nitrogen and oxygen atoms in total. The first-order valence-corrected chi connectivity index (χ1v) is 5.05. The predicted molar refractivity (Wildman–Crippen MR) is 45.1 cm³/mol. The third-order valence-corrected chi connectivity index (χ3v) is 2.54. The highest BCUT2D eigenvalue weighted by Gasteiger charge is 2.27. The van der Waals surface area contributed by atoms with Gasteiger partial charge in [0.2, 0.25) is 10.0 Å². The van der Waals surface area contributed by atoms with Crippen LogP contribution in [0.3, 0.4) is 0 Å². The van der Waals surface area contributed by atoms with Gasteiger partial charge in [-0.25, -0.2) is 22.3 Å². The highest BCUT2D eigenvalue weighted by molar-refractivity contribution is 7.89. The van der Waals surface area contributed by atoms with E-state index in [0.29, 0.717) is 6.20 Å². The number of H-pyrrole nitrogens is 1. The largest absolute Gasteiger partial charge is 0.506 e. The van der Waals surface area contributed by atoms with Gasteiger partial charge in [0.25, 0.3) is 12.0 Å². The Kier molecular flexibility index (Phi) is 2.77. The van der Waals surface area contributed by atoms with Crippen molar-refractivity contribution in [1.29, 1.82) is 0 Å². The first-order valence-electron chi connectivity index (χ1n) is 3.50. The molecule has 1 aromatic rings. The van der Waals surface area contributed by atoms with E-state index in [4.69, 9.17) is 5.11 Å². The normalized spacial score (nSPS) is 12.0. The Morgan fingerprint density at radius 2 is 2.00 bits per heavy atom. The molecular formula is C6H6F2N2O4S. The number of aromatic amines is 1. The molecule has 0 aliphatic carbocycles. The molecule has 0 aliphatic rings. The molecule has 15 heavy (non-hydrogen) atoms. The zero-order valence-electron chi connectivity index (χ0n) is 7.07. The lowest BCUT2D eigenvalue weighted by atomic mass is 10.2. The van der Waals surface area contributed by atoms with Gasteiger partial charge in [-0.2, -0.15) is 0 Å². The van der Waals surface area contributed by atoms with Crippen LogP contribution in [0.25, 0.3) is 0 Å². The fourth-order valence-electron chi connectivity index (χ4n) is 1.01. The van der Waals surface area contributed by atoms with E-state index < -0.39 is 38.2 Å². The number of sulfonamides is 1. The van der Waals surface area contributed by atoms with Gasteiger partial charge in [-0.3, -0.25) is 4.79 Å². The Balaban J connectivity index is 3.77. The second-order valence-electron chi connectivity index (χ2n) is 2.59. The highest BCUT2D eigenvalue weighted by Crippen LogP contribution is 2.30. The van der Waals surface area contributed by atoms with Crippen LogP contribution in [0.5, 0.6) is 5.75 Å². The molecule has 0 bridgehead atoms. The van der Waals surface area contributed by atoms with E-state index in [1.54, 1.807) is 4.98 Å². The Hall–Kier alpha value is -1.48. The van der Waals surface area contributed by atoms with Crippen molar-refractivity contribution in [2.75, 3.05) is 0 Å². The van der Waals surface area contributed by atoms with E-state index in [0.717, 1.165) is 0 Å². The third-order valence-electron chi connectivity index (χ3n) is 1.57. The number of halogens is 2. The summed E-state index contributed by atoms with van der Waals surface area (Å²) in [7, 11) is -4.62. The number of hydrogen-bond donors (Lipinski definition) is 3. The summed E-state index contributed by atoms with van der Waals surface area (Å²) in [6.45, 7) is 0. The first kappa shape index (κ1) is 11.6. The molecule has 0 fully saturated rings. The molecule has 0 spiro atoms. The maximum atomic E-state index is 12.4. The van der Waals surface area contributed by atoms with E-state index in [1.807, 2.05) is 0 Å². The SMILES string of the molecule is NS(=O)(=O)c1c(C(F)F)c(O)c[nH]c1=O. The van der Waals surface area contributed by atoms with Gasteiger partial charge in [-0.1, -0.05) is 0 Å². The van der Waals surface area contributed by atoms with Crippen LogP contribution in [-0.2, 0) is 10.0 Å². The number of pyridine rings is 1. The molecule has 0 unspecified atom stereocenters. The van der Waals surface area contributed by atoms with Gasteiger partial charge in [-0.05, 0) is 0 Å². The Morgan fingerprint density at radius 3 is 2.33 bits per heavy atom. The van der Waals surface area contributed by atoms with E-state index in [1.165, 1.54) is 0 Å². The predicted octanol–water partition coefficient (Wildman–Crippen LogP) is -0.334. The number of alkyl halides is 2. The fourth-order valence-corrected chi connectivity index (χ4v) is 1.83. The summed E-state index contributed by atoms with van der Waals surface area (Å²) in [6, 6.07) is 0. The minimum Gasteiger partial charge on any atom is -0.506 e. The summed E-state index contributed by atoms with van der Waals surface area (Å²) in [5.74, 6) is -1.03. The first-order chi connectivity index (χ1) is 6.75. The zero-order valence-corrected chi connectivity index (χ0v) is 7.88. The summed E-state index contributed by atoms with van der Waals surface area (Å²) in [5.41, 5.74) is -2.59. The van der Waals surface area contributed by atoms with Crippen LogP contribution in [0.1, 0.15) is 12.0 Å². The average molecular weight is 240 g/mol. The van der Waals surface area contributed by atoms with Crippen LogP contribution < -0.4 is 10.7 Å². The summed E-state index contributed by atoms with van der Waals surface area (Å²) in [6.07, 6.45) is -2.75. The van der Waals surface area contributed by atoms with Crippen molar-refractivity contribution in [3.05, 3.63) is 22.1 Å². The molecule has 1 aromatic heterocycles. The lowest BCUT2D eigenvalue weighted by Gasteiger charge is -2.07. The second-order valence-corrected chi connectivity index (χ2v) is 4.09. The lowest BCUT2D eigenvalue weighted by Crippen LogP contribution is -2.25. The van der Waals surface area contributed by atoms with Gasteiger partial charge in [0.15, 0.2) is 4.90 Å². The minimum absolute atomic E-state index is 0.568. The van der Waals surface area contributed by atoms with Gasteiger partial charge in [0.1, 0.15) is 5.75 Å². The van der Waals surface area contributed by atoms with Crippen molar-refractivity contribution in [3.8, 4) is 5.75 Å². The third kappa shape index (κ3) is 2.13. The molecule has 0 aromatic carbocycles. The topological polar surface area (TPSA) is 113 Å². The highest BCUT2D eigenvalue weighted by atomic mass is 32.2. The van der Waals surface area contributed by atoms with Crippen LogP contribution in [0.4, 0.5) is 8.78 Å². The molecule has 1 rings (SSSR count). The standard InChI is InChI=1S/C6H6F2N2O4S/c7-5(8)3-2(11)1-10-6(12)4(3)15(9,13)14/h1,5,11H,(H,10,12)(H2,9,13,14). The molecule has 1 heterocycles. The molecule has 0 amide bonds. The van der Waals surface area contributed by atoms with Gasteiger partial charge < -0.3 is 10.1 Å². The van der Waals surface area contributed by atoms with E-state index in [9.17, 15) is 22.0 Å². The summed E-state index contributed by atoms with van der Waals surface area (Å²) in [4.78, 5) is 11.4. The Labute approximate surface area is 82.4 Å². The molecule has 0 aliphatic heterocycles. The number of nitrogens with two attached hydrogens (primary N) is 1. The number of aromatic nitrogens is 1. The van der Waals surface area contributed by atoms with Crippen LogP contribution in [-0.4, -0.2) is 18.5 Å². The molecule has 4 N–H and O–H groups in total. The van der Waals surface area contributed by atoms with Crippen molar-refractivity contribution in [2.24, 2.45) is 5.14 Å². The van der Waals surface area contributed by atoms with Crippen LogP contribution in [0.15, 0.2) is 15.9 Å². The van der Waals surface area contributed by atoms with Gasteiger partial charge in [0.05, 0.1) is 5.56 Å². The van der Waals surface area contributed by atoms with Crippen molar-refractivity contribution < 1.29 is 22.3 Å².